The molecule has 0 amide bonds. The number of allylic oxidation sites excluding steroid dienone is 2. The zero-order valence-corrected chi connectivity index (χ0v) is 19.9. The van der Waals surface area contributed by atoms with E-state index in [-0.39, 0.29) is 22.9 Å². The van der Waals surface area contributed by atoms with E-state index in [0.29, 0.717) is 24.2 Å². The maximum absolute atomic E-state index is 13.1. The third-order valence-electron chi connectivity index (χ3n) is 6.26. The minimum absolute atomic E-state index is 0.0493. The van der Waals surface area contributed by atoms with Crippen molar-refractivity contribution in [2.75, 3.05) is 5.75 Å². The van der Waals surface area contributed by atoms with Crippen LogP contribution >= 0.6 is 11.8 Å². The average molecular weight is 463 g/mol. The molecule has 1 N–H and O–H groups in total. The molecule has 1 aliphatic rings. The van der Waals surface area contributed by atoms with E-state index in [4.69, 9.17) is 0 Å². The summed E-state index contributed by atoms with van der Waals surface area (Å²) in [7, 11) is 0. The Morgan fingerprint density at radius 2 is 1.56 bits per heavy atom. The van der Waals surface area contributed by atoms with Crippen LogP contribution in [0.3, 0.4) is 0 Å². The van der Waals surface area contributed by atoms with Gasteiger partial charge in [0.15, 0.2) is 5.78 Å². The number of alkyl halides is 3. The van der Waals surface area contributed by atoms with E-state index in [2.05, 4.69) is 0 Å². The molecule has 6 heteroatoms. The summed E-state index contributed by atoms with van der Waals surface area (Å²) in [4.78, 5) is 13.9. The van der Waals surface area contributed by atoms with E-state index < -0.39 is 11.7 Å². The maximum Gasteiger partial charge on any atom is 0.416 e. The number of hydrogen-bond donors (Lipinski definition) is 1. The van der Waals surface area contributed by atoms with Gasteiger partial charge in [0.25, 0.3) is 0 Å². The average Bonchev–Trinajstić information content (AvgIpc) is 2.67. The first kappa shape index (κ1) is 24.4. The second-order valence-electron chi connectivity index (χ2n) is 9.42. The molecule has 2 nitrogen and oxygen atoms in total. The van der Waals surface area contributed by atoms with Crippen LogP contribution in [0.15, 0.2) is 47.1 Å². The molecular formula is C26H29F3O2S. The fourth-order valence-corrected chi connectivity index (χ4v) is 5.54. The largest absolute Gasteiger partial charge is 0.512 e. The lowest BCUT2D eigenvalue weighted by Crippen LogP contribution is -2.32. The predicted molar refractivity (Wildman–Crippen MR) is 124 cm³/mol. The Hall–Kier alpha value is -2.21. The Labute approximate surface area is 191 Å². The van der Waals surface area contributed by atoms with E-state index in [1.54, 1.807) is 0 Å². The molecule has 0 aliphatic heterocycles. The summed E-state index contributed by atoms with van der Waals surface area (Å²) in [6, 6.07) is 9.18. The SMILES string of the molecule is Cc1cc(C)c(C2=C(O)CC(C(C)(C)CSc3ccc(C(F)(F)F)cc3)CC2=O)c(C)c1. The van der Waals surface area contributed by atoms with Crippen LogP contribution in [0, 0.1) is 32.1 Å². The summed E-state index contributed by atoms with van der Waals surface area (Å²) in [5, 5.41) is 10.9. The van der Waals surface area contributed by atoms with Crippen molar-refractivity contribution in [3.63, 3.8) is 0 Å². The normalized spacial score (nSPS) is 17.8. The molecule has 0 heterocycles. The van der Waals surface area contributed by atoms with E-state index in [1.807, 2.05) is 46.8 Å². The molecule has 0 saturated carbocycles. The van der Waals surface area contributed by atoms with Crippen LogP contribution < -0.4 is 0 Å². The molecule has 3 rings (SSSR count). The molecule has 2 aromatic rings. The molecule has 0 bridgehead atoms. The lowest BCUT2D eigenvalue weighted by Gasteiger charge is -2.37. The quantitative estimate of drug-likeness (QED) is 0.463. The van der Waals surface area contributed by atoms with Gasteiger partial charge in [-0.05, 0) is 73.1 Å². The van der Waals surface area contributed by atoms with Crippen molar-refractivity contribution >= 4 is 23.1 Å². The van der Waals surface area contributed by atoms with Gasteiger partial charge in [-0.2, -0.15) is 13.2 Å². The van der Waals surface area contributed by atoms with Gasteiger partial charge in [-0.15, -0.1) is 11.8 Å². The smallest absolute Gasteiger partial charge is 0.416 e. The van der Waals surface area contributed by atoms with Crippen LogP contribution in [0.1, 0.15) is 54.5 Å². The zero-order valence-electron chi connectivity index (χ0n) is 19.1. The van der Waals surface area contributed by atoms with Gasteiger partial charge < -0.3 is 5.11 Å². The van der Waals surface area contributed by atoms with E-state index in [0.717, 1.165) is 39.3 Å². The fourth-order valence-electron chi connectivity index (χ4n) is 4.43. The molecular weight excluding hydrogens is 433 g/mol. The Kier molecular flexibility index (Phi) is 6.85. The van der Waals surface area contributed by atoms with Crippen LogP contribution in [0.4, 0.5) is 13.2 Å². The molecule has 0 radical (unpaired) electrons. The van der Waals surface area contributed by atoms with E-state index in [1.165, 1.54) is 23.9 Å². The molecule has 32 heavy (non-hydrogen) atoms. The molecule has 0 fully saturated rings. The second kappa shape index (κ2) is 8.97. The van der Waals surface area contributed by atoms with Crippen LogP contribution in [0.25, 0.3) is 5.57 Å². The van der Waals surface area contributed by atoms with Crippen molar-refractivity contribution < 1.29 is 23.1 Å². The molecule has 1 atom stereocenters. The summed E-state index contributed by atoms with van der Waals surface area (Å²) in [5.41, 5.74) is 3.38. The summed E-state index contributed by atoms with van der Waals surface area (Å²) >= 11 is 1.47. The number of halogens is 3. The van der Waals surface area contributed by atoms with Crippen molar-refractivity contribution in [2.45, 2.75) is 58.5 Å². The highest BCUT2D eigenvalue weighted by Crippen LogP contribution is 2.44. The van der Waals surface area contributed by atoms with Crippen LogP contribution in [-0.4, -0.2) is 16.6 Å². The Morgan fingerprint density at radius 1 is 1.00 bits per heavy atom. The predicted octanol–water partition coefficient (Wildman–Crippen LogP) is 7.70. The molecule has 1 unspecified atom stereocenters. The summed E-state index contributed by atoms with van der Waals surface area (Å²) in [6.45, 7) is 10.0. The second-order valence-corrected chi connectivity index (χ2v) is 10.5. The fraction of sp³-hybridized carbons (Fsp3) is 0.423. The third-order valence-corrected chi connectivity index (χ3v) is 7.76. The van der Waals surface area contributed by atoms with Gasteiger partial charge in [0, 0.05) is 23.5 Å². The molecule has 0 saturated heterocycles. The summed E-state index contributed by atoms with van der Waals surface area (Å²) < 4.78 is 38.3. The molecule has 0 spiro atoms. The first-order chi connectivity index (χ1) is 14.8. The number of thioether (sulfide) groups is 1. The topological polar surface area (TPSA) is 37.3 Å². The van der Waals surface area contributed by atoms with Crippen molar-refractivity contribution in [1.82, 2.24) is 0 Å². The maximum atomic E-state index is 13.1. The van der Waals surface area contributed by atoms with Crippen molar-refractivity contribution in [1.29, 1.82) is 0 Å². The standard InChI is InChI=1S/C26H29F3O2S/c1-15-10-16(2)23(17(3)11-15)24-21(30)12-19(13-22(24)31)25(4,5)14-32-20-8-6-18(7-9-20)26(27,28)29/h6-11,19,30H,12-14H2,1-5H3. The number of ketones is 1. The number of aliphatic hydroxyl groups excluding tert-OH is 1. The van der Waals surface area contributed by atoms with Crippen molar-refractivity contribution in [2.24, 2.45) is 11.3 Å². The molecule has 172 valence electrons. The number of aliphatic hydroxyl groups is 1. The van der Waals surface area contributed by atoms with Crippen molar-refractivity contribution in [3.05, 3.63) is 70.0 Å². The first-order valence-corrected chi connectivity index (χ1v) is 11.6. The Morgan fingerprint density at radius 3 is 2.06 bits per heavy atom. The highest BCUT2D eigenvalue weighted by Gasteiger charge is 2.38. The minimum atomic E-state index is -4.35. The number of aryl methyl sites for hydroxylation is 3. The van der Waals surface area contributed by atoms with Gasteiger partial charge in [-0.3, -0.25) is 4.79 Å². The van der Waals surface area contributed by atoms with Gasteiger partial charge >= 0.3 is 6.18 Å². The van der Waals surface area contributed by atoms with Crippen LogP contribution in [0.5, 0.6) is 0 Å². The van der Waals surface area contributed by atoms with Gasteiger partial charge in [0.05, 0.1) is 11.1 Å². The highest BCUT2D eigenvalue weighted by atomic mass is 32.2. The summed E-state index contributed by atoms with van der Waals surface area (Å²) in [5.74, 6) is 0.656. The number of carbonyl (C=O) groups is 1. The molecule has 1 aliphatic carbocycles. The minimum Gasteiger partial charge on any atom is -0.512 e. The molecule has 2 aromatic carbocycles. The van der Waals surface area contributed by atoms with Gasteiger partial charge in [-0.1, -0.05) is 31.5 Å². The van der Waals surface area contributed by atoms with Gasteiger partial charge in [0.2, 0.25) is 0 Å². The number of hydrogen-bond acceptors (Lipinski definition) is 3. The number of benzene rings is 2. The van der Waals surface area contributed by atoms with E-state index >= 15 is 0 Å². The Balaban J connectivity index is 1.76. The van der Waals surface area contributed by atoms with Crippen LogP contribution in [-0.2, 0) is 11.0 Å². The third kappa shape index (κ3) is 5.22. The highest BCUT2D eigenvalue weighted by molar-refractivity contribution is 7.99. The molecule has 0 aromatic heterocycles. The lowest BCUT2D eigenvalue weighted by atomic mass is 9.70. The first-order valence-electron chi connectivity index (χ1n) is 10.6. The summed E-state index contributed by atoms with van der Waals surface area (Å²) in [6.07, 6.45) is -3.60. The lowest BCUT2D eigenvalue weighted by molar-refractivity contribution is -0.137. The van der Waals surface area contributed by atoms with Crippen LogP contribution in [0.2, 0.25) is 0 Å². The number of rotatable bonds is 5. The monoisotopic (exact) mass is 462 g/mol. The van der Waals surface area contributed by atoms with E-state index in [9.17, 15) is 23.1 Å². The zero-order chi connectivity index (χ0) is 23.8. The van der Waals surface area contributed by atoms with Gasteiger partial charge in [-0.25, -0.2) is 0 Å². The number of carbonyl (C=O) groups excluding carboxylic acids is 1. The van der Waals surface area contributed by atoms with Crippen molar-refractivity contribution in [3.8, 4) is 0 Å². The Bertz CT molecular complexity index is 1030. The van der Waals surface area contributed by atoms with Gasteiger partial charge in [0.1, 0.15) is 5.76 Å². The number of Topliss-reactive ketones (excluding diaryl/α,β-unsaturated/α-hetero) is 1.